The Balaban J connectivity index is 2.87. The van der Waals surface area contributed by atoms with Gasteiger partial charge in [0.05, 0.1) is 11.1 Å². The minimum absolute atomic E-state index is 0.241. The minimum Gasteiger partial charge on any atom is -0.478 e. The molecule has 0 bridgehead atoms. The molecule has 1 heterocycles. The molecule has 0 radical (unpaired) electrons. The summed E-state index contributed by atoms with van der Waals surface area (Å²) in [6.45, 7) is 1.77. The van der Waals surface area contributed by atoms with E-state index in [1.54, 1.807) is 31.2 Å². The summed E-state index contributed by atoms with van der Waals surface area (Å²) in [5, 5.41) is 9.61. The first-order valence-electron chi connectivity index (χ1n) is 4.48. The van der Waals surface area contributed by atoms with Crippen molar-refractivity contribution in [3.8, 4) is 0 Å². The van der Waals surface area contributed by atoms with Gasteiger partial charge in [-0.25, -0.2) is 4.79 Å². The van der Waals surface area contributed by atoms with E-state index in [1.807, 2.05) is 0 Å². The van der Waals surface area contributed by atoms with Crippen LogP contribution in [0.25, 0.3) is 10.9 Å². The predicted octanol–water partition coefficient (Wildman–Crippen LogP) is 1.82. The quantitative estimate of drug-likeness (QED) is 0.691. The molecule has 0 atom stereocenters. The summed E-state index contributed by atoms with van der Waals surface area (Å²) in [5.41, 5.74) is 7.73. The molecule has 76 valence electrons. The lowest BCUT2D eigenvalue weighted by Gasteiger charge is -2.04. The normalized spacial score (nSPS) is 10.5. The molecule has 15 heavy (non-hydrogen) atoms. The molecule has 2 rings (SSSR count). The van der Waals surface area contributed by atoms with Gasteiger partial charge in [-0.3, -0.25) is 4.98 Å². The van der Waals surface area contributed by atoms with Crippen LogP contribution in [0.2, 0.25) is 0 Å². The van der Waals surface area contributed by atoms with Crippen molar-refractivity contribution in [2.24, 2.45) is 0 Å². The van der Waals surface area contributed by atoms with E-state index >= 15 is 0 Å². The first-order chi connectivity index (χ1) is 7.08. The molecule has 4 nitrogen and oxygen atoms in total. The van der Waals surface area contributed by atoms with E-state index in [0.717, 1.165) is 0 Å². The third kappa shape index (κ3) is 1.61. The highest BCUT2D eigenvalue weighted by molar-refractivity contribution is 6.03. The molecule has 3 N–H and O–H groups in total. The highest BCUT2D eigenvalue weighted by Gasteiger charge is 2.10. The molecule has 0 saturated carbocycles. The highest BCUT2D eigenvalue weighted by Crippen LogP contribution is 2.20. The van der Waals surface area contributed by atoms with Crippen molar-refractivity contribution in [2.75, 3.05) is 5.73 Å². The standard InChI is InChI=1S/C11H10N2O2/c1-6-4-9(11(14)15)8-5-7(12)2-3-10(8)13-6/h2-5H,12H2,1H3,(H,14,15). The number of nitrogen functional groups attached to an aromatic ring is 1. The average molecular weight is 202 g/mol. The van der Waals surface area contributed by atoms with Gasteiger partial charge in [0.15, 0.2) is 0 Å². The number of pyridine rings is 1. The zero-order valence-corrected chi connectivity index (χ0v) is 8.19. The molecule has 1 aromatic carbocycles. The monoisotopic (exact) mass is 202 g/mol. The molecule has 0 aliphatic carbocycles. The number of aromatic nitrogens is 1. The van der Waals surface area contributed by atoms with Crippen molar-refractivity contribution < 1.29 is 9.90 Å². The van der Waals surface area contributed by atoms with E-state index in [0.29, 0.717) is 22.3 Å². The summed E-state index contributed by atoms with van der Waals surface area (Å²) in [5.74, 6) is -0.962. The molecule has 0 amide bonds. The Hall–Kier alpha value is -2.10. The molecule has 4 heteroatoms. The van der Waals surface area contributed by atoms with Crippen LogP contribution in [0.4, 0.5) is 5.69 Å². The Morgan fingerprint density at radius 3 is 2.80 bits per heavy atom. The fourth-order valence-electron chi connectivity index (χ4n) is 1.55. The summed E-state index contributed by atoms with van der Waals surface area (Å²) in [6, 6.07) is 6.61. The van der Waals surface area contributed by atoms with Gasteiger partial charge < -0.3 is 10.8 Å². The van der Waals surface area contributed by atoms with Crippen LogP contribution in [-0.2, 0) is 0 Å². The van der Waals surface area contributed by atoms with Crippen molar-refractivity contribution in [3.63, 3.8) is 0 Å². The summed E-state index contributed by atoms with van der Waals surface area (Å²) >= 11 is 0. The van der Waals surface area contributed by atoms with E-state index in [2.05, 4.69) is 4.98 Å². The first-order valence-corrected chi connectivity index (χ1v) is 4.48. The SMILES string of the molecule is Cc1cc(C(=O)O)c2cc(N)ccc2n1. The second-order valence-corrected chi connectivity index (χ2v) is 3.39. The van der Waals surface area contributed by atoms with Gasteiger partial charge in [0.2, 0.25) is 0 Å². The molecule has 0 unspecified atom stereocenters. The van der Waals surface area contributed by atoms with Gasteiger partial charge in [-0.05, 0) is 31.2 Å². The van der Waals surface area contributed by atoms with Gasteiger partial charge in [-0.2, -0.15) is 0 Å². The lowest BCUT2D eigenvalue weighted by atomic mass is 10.1. The number of hydrogen-bond acceptors (Lipinski definition) is 3. The Kier molecular flexibility index (Phi) is 2.04. The lowest BCUT2D eigenvalue weighted by Crippen LogP contribution is -2.00. The molecule has 1 aromatic heterocycles. The number of fused-ring (bicyclic) bond motifs is 1. The first kappa shape index (κ1) is 9.45. The molecule has 0 saturated heterocycles. The topological polar surface area (TPSA) is 76.2 Å². The van der Waals surface area contributed by atoms with Gasteiger partial charge in [-0.1, -0.05) is 0 Å². The van der Waals surface area contributed by atoms with Gasteiger partial charge in [0, 0.05) is 16.8 Å². The van der Waals surface area contributed by atoms with E-state index < -0.39 is 5.97 Å². The maximum absolute atomic E-state index is 11.0. The average Bonchev–Trinajstić information content (AvgIpc) is 2.17. The van der Waals surface area contributed by atoms with Gasteiger partial charge >= 0.3 is 5.97 Å². The van der Waals surface area contributed by atoms with E-state index in [4.69, 9.17) is 10.8 Å². The number of nitrogens with two attached hydrogens (primary N) is 1. The number of carboxylic acid groups (broad SMARTS) is 1. The number of carbonyl (C=O) groups is 1. The highest BCUT2D eigenvalue weighted by atomic mass is 16.4. The summed E-state index contributed by atoms with van der Waals surface area (Å²) in [4.78, 5) is 15.3. The van der Waals surface area contributed by atoms with E-state index in [-0.39, 0.29) is 5.56 Å². The molecule has 0 fully saturated rings. The second-order valence-electron chi connectivity index (χ2n) is 3.39. The Morgan fingerprint density at radius 2 is 2.13 bits per heavy atom. The minimum atomic E-state index is -0.962. The molecule has 0 aliphatic heterocycles. The van der Waals surface area contributed by atoms with Crippen LogP contribution < -0.4 is 5.73 Å². The number of carboxylic acids is 1. The number of nitrogens with zero attached hydrogens (tertiary/aromatic N) is 1. The largest absolute Gasteiger partial charge is 0.478 e. The molecule has 2 aromatic rings. The fraction of sp³-hybridized carbons (Fsp3) is 0.0909. The summed E-state index contributed by atoms with van der Waals surface area (Å²) in [7, 11) is 0. The number of rotatable bonds is 1. The van der Waals surface area contributed by atoms with E-state index in [9.17, 15) is 4.79 Å². The van der Waals surface area contributed by atoms with Crippen molar-refractivity contribution in [1.29, 1.82) is 0 Å². The van der Waals surface area contributed by atoms with Gasteiger partial charge in [-0.15, -0.1) is 0 Å². The number of benzene rings is 1. The fourth-order valence-corrected chi connectivity index (χ4v) is 1.55. The molecular weight excluding hydrogens is 192 g/mol. The number of hydrogen-bond donors (Lipinski definition) is 2. The van der Waals surface area contributed by atoms with Gasteiger partial charge in [0.25, 0.3) is 0 Å². The number of anilines is 1. The zero-order valence-electron chi connectivity index (χ0n) is 8.19. The maximum atomic E-state index is 11.0. The van der Waals surface area contributed by atoms with Crippen LogP contribution in [0.3, 0.4) is 0 Å². The predicted molar refractivity (Wildman–Crippen MR) is 57.9 cm³/mol. The van der Waals surface area contributed by atoms with Crippen molar-refractivity contribution in [3.05, 3.63) is 35.5 Å². The molecule has 0 spiro atoms. The third-order valence-electron chi connectivity index (χ3n) is 2.19. The Labute approximate surface area is 86.4 Å². The van der Waals surface area contributed by atoms with Crippen molar-refractivity contribution >= 4 is 22.6 Å². The van der Waals surface area contributed by atoms with Crippen LogP contribution in [0.15, 0.2) is 24.3 Å². The van der Waals surface area contributed by atoms with Gasteiger partial charge in [0.1, 0.15) is 0 Å². The molecular formula is C11H10N2O2. The third-order valence-corrected chi connectivity index (χ3v) is 2.19. The summed E-state index contributed by atoms with van der Waals surface area (Å²) in [6.07, 6.45) is 0. The Bertz CT molecular complexity index is 550. The van der Waals surface area contributed by atoms with Crippen LogP contribution >= 0.6 is 0 Å². The number of aryl methyl sites for hydroxylation is 1. The molecule has 0 aliphatic rings. The zero-order chi connectivity index (χ0) is 11.0. The Morgan fingerprint density at radius 1 is 1.40 bits per heavy atom. The maximum Gasteiger partial charge on any atom is 0.336 e. The smallest absolute Gasteiger partial charge is 0.336 e. The van der Waals surface area contributed by atoms with Crippen LogP contribution in [0.5, 0.6) is 0 Å². The second kappa shape index (κ2) is 3.24. The van der Waals surface area contributed by atoms with Crippen LogP contribution in [0.1, 0.15) is 16.1 Å². The lowest BCUT2D eigenvalue weighted by molar-refractivity contribution is 0.0699. The van der Waals surface area contributed by atoms with E-state index in [1.165, 1.54) is 0 Å². The number of aromatic carboxylic acids is 1. The van der Waals surface area contributed by atoms with Crippen LogP contribution in [-0.4, -0.2) is 16.1 Å². The summed E-state index contributed by atoms with van der Waals surface area (Å²) < 4.78 is 0. The van der Waals surface area contributed by atoms with Crippen LogP contribution in [0, 0.1) is 6.92 Å². The van der Waals surface area contributed by atoms with Crippen molar-refractivity contribution in [1.82, 2.24) is 4.98 Å². The van der Waals surface area contributed by atoms with Crippen molar-refractivity contribution in [2.45, 2.75) is 6.92 Å².